The highest BCUT2D eigenvalue weighted by atomic mass is 79.9. The van der Waals surface area contributed by atoms with Gasteiger partial charge in [0.1, 0.15) is 5.82 Å². The van der Waals surface area contributed by atoms with Crippen LogP contribution in [-0.2, 0) is 0 Å². The van der Waals surface area contributed by atoms with Gasteiger partial charge in [0.15, 0.2) is 0 Å². The van der Waals surface area contributed by atoms with Crippen molar-refractivity contribution in [1.82, 2.24) is 0 Å². The molecule has 5 nitrogen and oxygen atoms in total. The highest BCUT2D eigenvalue weighted by molar-refractivity contribution is 9.10. The van der Waals surface area contributed by atoms with Crippen molar-refractivity contribution in [2.24, 2.45) is 0 Å². The molecule has 0 heterocycles. The maximum absolute atomic E-state index is 13.6. The maximum Gasteiger partial charge on any atom is 0.306 e. The van der Waals surface area contributed by atoms with Crippen molar-refractivity contribution >= 4 is 33.2 Å². The van der Waals surface area contributed by atoms with Crippen molar-refractivity contribution in [1.29, 1.82) is 0 Å². The molecule has 21 heavy (non-hydrogen) atoms. The van der Waals surface area contributed by atoms with Crippen molar-refractivity contribution in [2.75, 3.05) is 5.32 Å². The van der Waals surface area contributed by atoms with E-state index in [9.17, 15) is 23.7 Å². The molecule has 0 aliphatic heterocycles. The predicted octanol–water partition coefficient (Wildman–Crippen LogP) is 3.89. The summed E-state index contributed by atoms with van der Waals surface area (Å²) in [6.45, 7) is 0. The minimum atomic E-state index is -1.02. The minimum absolute atomic E-state index is 0.00424. The Morgan fingerprint density at radius 3 is 2.48 bits per heavy atom. The number of anilines is 1. The van der Waals surface area contributed by atoms with Crippen LogP contribution in [0.4, 0.5) is 20.2 Å². The third-order valence-electron chi connectivity index (χ3n) is 2.58. The fourth-order valence-electron chi connectivity index (χ4n) is 1.60. The molecule has 2 rings (SSSR count). The number of nitro benzene ring substituents is 1. The van der Waals surface area contributed by atoms with Crippen LogP contribution in [0, 0.1) is 21.7 Å². The highest BCUT2D eigenvalue weighted by Gasteiger charge is 2.17. The number of hydrogen-bond donors (Lipinski definition) is 1. The summed E-state index contributed by atoms with van der Waals surface area (Å²) >= 11 is 3.06. The number of amides is 1. The molecule has 1 N–H and O–H groups in total. The number of rotatable bonds is 3. The van der Waals surface area contributed by atoms with Gasteiger partial charge in [0.2, 0.25) is 5.82 Å². The normalized spacial score (nSPS) is 10.2. The molecule has 0 fully saturated rings. The van der Waals surface area contributed by atoms with Gasteiger partial charge in [-0.2, -0.15) is 4.39 Å². The lowest BCUT2D eigenvalue weighted by Gasteiger charge is -2.06. The zero-order chi connectivity index (χ0) is 15.6. The maximum atomic E-state index is 13.6. The van der Waals surface area contributed by atoms with Gasteiger partial charge in [-0.1, -0.05) is 15.9 Å². The van der Waals surface area contributed by atoms with Crippen molar-refractivity contribution in [3.8, 4) is 0 Å². The topological polar surface area (TPSA) is 72.2 Å². The summed E-state index contributed by atoms with van der Waals surface area (Å²) in [5.41, 5.74) is -1.01. The molecule has 0 unspecified atom stereocenters. The Hall–Kier alpha value is -2.35. The number of hydrogen-bond acceptors (Lipinski definition) is 3. The van der Waals surface area contributed by atoms with Crippen LogP contribution in [0.1, 0.15) is 10.4 Å². The Bertz CT molecular complexity index is 737. The summed E-state index contributed by atoms with van der Waals surface area (Å²) in [6.07, 6.45) is 0. The molecule has 1 amide bonds. The molecule has 0 saturated heterocycles. The summed E-state index contributed by atoms with van der Waals surface area (Å²) < 4.78 is 27.3. The van der Waals surface area contributed by atoms with E-state index in [0.29, 0.717) is 4.47 Å². The monoisotopic (exact) mass is 356 g/mol. The Morgan fingerprint density at radius 1 is 1.14 bits per heavy atom. The fraction of sp³-hybridized carbons (Fsp3) is 0. The van der Waals surface area contributed by atoms with Gasteiger partial charge in [-0.25, -0.2) is 4.39 Å². The summed E-state index contributed by atoms with van der Waals surface area (Å²) in [7, 11) is 0. The van der Waals surface area contributed by atoms with E-state index in [1.54, 1.807) is 0 Å². The second kappa shape index (κ2) is 5.96. The van der Waals surface area contributed by atoms with Crippen LogP contribution >= 0.6 is 15.9 Å². The van der Waals surface area contributed by atoms with E-state index >= 15 is 0 Å². The van der Waals surface area contributed by atoms with E-state index in [0.717, 1.165) is 24.3 Å². The molecule has 0 aliphatic rings. The van der Waals surface area contributed by atoms with Crippen LogP contribution in [-0.4, -0.2) is 10.8 Å². The zero-order valence-electron chi connectivity index (χ0n) is 10.3. The van der Waals surface area contributed by atoms with Gasteiger partial charge in [0, 0.05) is 16.2 Å². The van der Waals surface area contributed by atoms with Gasteiger partial charge in [0.25, 0.3) is 5.91 Å². The number of benzene rings is 2. The summed E-state index contributed by atoms with van der Waals surface area (Å²) in [5, 5.41) is 12.9. The molecule has 2 aromatic carbocycles. The number of nitrogens with zero attached hydrogens (tertiary/aromatic N) is 1. The molecule has 0 bridgehead atoms. The largest absolute Gasteiger partial charge is 0.322 e. The number of carbonyl (C=O) groups is 1. The average Bonchev–Trinajstić information content (AvgIpc) is 2.40. The zero-order valence-corrected chi connectivity index (χ0v) is 11.9. The number of nitrogens with one attached hydrogen (secondary N) is 1. The van der Waals surface area contributed by atoms with Gasteiger partial charge in [0.05, 0.1) is 10.5 Å². The standard InChI is InChI=1S/C13H7BrF2N2O3/c14-7-1-3-9(11(16)5-7)13(19)17-8-2-4-10(15)12(6-8)18(20)21/h1-6H,(H,17,19). The molecule has 0 aliphatic carbocycles. The Balaban J connectivity index is 2.27. The van der Waals surface area contributed by atoms with Crippen molar-refractivity contribution in [3.05, 3.63) is 68.2 Å². The summed E-state index contributed by atoms with van der Waals surface area (Å²) in [4.78, 5) is 21.6. The van der Waals surface area contributed by atoms with E-state index in [2.05, 4.69) is 21.2 Å². The fourth-order valence-corrected chi connectivity index (χ4v) is 1.94. The molecule has 8 heteroatoms. The number of halogens is 3. The second-order valence-electron chi connectivity index (χ2n) is 4.00. The molecular formula is C13H7BrF2N2O3. The highest BCUT2D eigenvalue weighted by Crippen LogP contribution is 2.23. The molecule has 0 saturated carbocycles. The van der Waals surface area contributed by atoms with Crippen LogP contribution < -0.4 is 5.32 Å². The first-order valence-corrected chi connectivity index (χ1v) is 6.38. The molecular weight excluding hydrogens is 350 g/mol. The lowest BCUT2D eigenvalue weighted by Crippen LogP contribution is -2.14. The first-order valence-electron chi connectivity index (χ1n) is 5.59. The van der Waals surface area contributed by atoms with Gasteiger partial charge < -0.3 is 5.32 Å². The van der Waals surface area contributed by atoms with Crippen LogP contribution in [0.3, 0.4) is 0 Å². The van der Waals surface area contributed by atoms with Crippen molar-refractivity contribution in [3.63, 3.8) is 0 Å². The van der Waals surface area contributed by atoms with E-state index < -0.39 is 28.2 Å². The minimum Gasteiger partial charge on any atom is -0.322 e. The third kappa shape index (κ3) is 3.40. The van der Waals surface area contributed by atoms with Crippen molar-refractivity contribution in [2.45, 2.75) is 0 Å². The van der Waals surface area contributed by atoms with Crippen molar-refractivity contribution < 1.29 is 18.5 Å². The number of nitro groups is 1. The predicted molar refractivity (Wildman–Crippen MR) is 75.1 cm³/mol. The van der Waals surface area contributed by atoms with Crippen LogP contribution in [0.15, 0.2) is 40.9 Å². The molecule has 0 aromatic heterocycles. The third-order valence-corrected chi connectivity index (χ3v) is 3.07. The first-order chi connectivity index (χ1) is 9.88. The SMILES string of the molecule is O=C(Nc1ccc(F)c([N+](=O)[O-])c1)c1ccc(Br)cc1F. The quantitative estimate of drug-likeness (QED) is 0.669. The van der Waals surface area contributed by atoms with Gasteiger partial charge >= 0.3 is 5.69 Å². The van der Waals surface area contributed by atoms with Crippen LogP contribution in [0.25, 0.3) is 0 Å². The smallest absolute Gasteiger partial charge is 0.306 e. The summed E-state index contributed by atoms with van der Waals surface area (Å²) in [6, 6.07) is 6.71. The van der Waals surface area contributed by atoms with Gasteiger partial charge in [-0.05, 0) is 30.3 Å². The molecule has 108 valence electrons. The molecule has 0 radical (unpaired) electrons. The summed E-state index contributed by atoms with van der Waals surface area (Å²) in [5.74, 6) is -2.56. The van der Waals surface area contributed by atoms with E-state index in [1.807, 2.05) is 0 Å². The van der Waals surface area contributed by atoms with E-state index in [-0.39, 0.29) is 11.3 Å². The Labute approximate surface area is 125 Å². The van der Waals surface area contributed by atoms with Crippen LogP contribution in [0.2, 0.25) is 0 Å². The second-order valence-corrected chi connectivity index (χ2v) is 4.92. The van der Waals surface area contributed by atoms with E-state index in [1.165, 1.54) is 12.1 Å². The molecule has 0 atom stereocenters. The molecule has 2 aromatic rings. The van der Waals surface area contributed by atoms with E-state index in [4.69, 9.17) is 0 Å². The first kappa shape index (κ1) is 15.0. The Kier molecular flexibility index (Phi) is 4.27. The van der Waals surface area contributed by atoms with Gasteiger partial charge in [-0.3, -0.25) is 14.9 Å². The van der Waals surface area contributed by atoms with Gasteiger partial charge in [-0.15, -0.1) is 0 Å². The Morgan fingerprint density at radius 2 is 1.86 bits per heavy atom. The number of carbonyl (C=O) groups excluding carboxylic acids is 1. The lowest BCUT2D eigenvalue weighted by atomic mass is 10.2. The molecule has 0 spiro atoms. The average molecular weight is 357 g/mol. The lowest BCUT2D eigenvalue weighted by molar-refractivity contribution is -0.387. The van der Waals surface area contributed by atoms with Crippen LogP contribution in [0.5, 0.6) is 0 Å².